The number of nitrogens with zero attached hydrogens (tertiary/aromatic N) is 1. The van der Waals surface area contributed by atoms with E-state index in [1.54, 1.807) is 6.07 Å². The first kappa shape index (κ1) is 15.8. The van der Waals surface area contributed by atoms with Gasteiger partial charge in [0.2, 0.25) is 9.84 Å². The Labute approximate surface area is 127 Å². The number of primary amides is 1. The number of aromatic hydroxyl groups is 1. The first-order chi connectivity index (χ1) is 10.4. The van der Waals surface area contributed by atoms with Crippen molar-refractivity contribution in [1.29, 1.82) is 0 Å². The van der Waals surface area contributed by atoms with E-state index in [1.807, 2.05) is 0 Å². The lowest BCUT2D eigenvalue weighted by molar-refractivity contribution is 0.158. The zero-order chi connectivity index (χ0) is 16.2. The third kappa shape index (κ3) is 3.73. The van der Waals surface area contributed by atoms with Crippen LogP contribution < -0.4 is 5.73 Å². The van der Waals surface area contributed by atoms with Gasteiger partial charge < -0.3 is 15.6 Å². The molecule has 0 atom stereocenters. The van der Waals surface area contributed by atoms with E-state index in [2.05, 4.69) is 9.72 Å². The van der Waals surface area contributed by atoms with Gasteiger partial charge in [0, 0.05) is 12.6 Å². The average Bonchev–Trinajstić information content (AvgIpc) is 2.48. The normalized spacial score (nSPS) is 11.1. The number of hydrogen-bond acceptors (Lipinski definition) is 6. The Hall–Kier alpha value is -2.61. The fourth-order valence-electron chi connectivity index (χ4n) is 1.73. The minimum atomic E-state index is -3.73. The van der Waals surface area contributed by atoms with Crippen LogP contribution >= 0.6 is 0 Å². The molecule has 116 valence electrons. The van der Waals surface area contributed by atoms with E-state index in [0.717, 1.165) is 0 Å². The first-order valence-electron chi connectivity index (χ1n) is 6.31. The zero-order valence-corrected chi connectivity index (χ0v) is 12.3. The third-order valence-electron chi connectivity index (χ3n) is 2.86. The Morgan fingerprint density at radius 1 is 1.18 bits per heavy atom. The van der Waals surface area contributed by atoms with Crippen LogP contribution in [0.3, 0.4) is 0 Å². The summed E-state index contributed by atoms with van der Waals surface area (Å²) >= 11 is 0. The maximum atomic E-state index is 12.3. The number of phenolic OH excluding ortho intramolecular Hbond substituents is 1. The van der Waals surface area contributed by atoms with Crippen LogP contribution in [0.25, 0.3) is 0 Å². The number of amides is 1. The van der Waals surface area contributed by atoms with Crippen LogP contribution in [0.2, 0.25) is 0 Å². The summed E-state index contributed by atoms with van der Waals surface area (Å²) in [7, 11) is -3.73. The molecule has 0 radical (unpaired) electrons. The van der Waals surface area contributed by atoms with Crippen molar-refractivity contribution in [2.75, 3.05) is 6.61 Å². The van der Waals surface area contributed by atoms with Crippen LogP contribution in [0.1, 0.15) is 5.56 Å². The highest BCUT2D eigenvalue weighted by Crippen LogP contribution is 2.21. The van der Waals surface area contributed by atoms with Gasteiger partial charge in [-0.25, -0.2) is 18.2 Å². The molecule has 1 amide bonds. The van der Waals surface area contributed by atoms with E-state index < -0.39 is 15.9 Å². The molecule has 0 fully saturated rings. The van der Waals surface area contributed by atoms with Gasteiger partial charge in [0.1, 0.15) is 5.75 Å². The summed E-state index contributed by atoms with van der Waals surface area (Å²) in [5.74, 6) is -0.0169. The summed E-state index contributed by atoms with van der Waals surface area (Å²) in [5.41, 5.74) is 5.55. The van der Waals surface area contributed by atoms with Crippen molar-refractivity contribution in [1.82, 2.24) is 4.98 Å². The molecular weight excluding hydrogens is 308 g/mol. The number of hydrogen-bond donors (Lipinski definition) is 2. The Morgan fingerprint density at radius 3 is 2.41 bits per heavy atom. The molecule has 22 heavy (non-hydrogen) atoms. The van der Waals surface area contributed by atoms with Gasteiger partial charge in [-0.3, -0.25) is 0 Å². The molecule has 0 aliphatic carbocycles. The maximum Gasteiger partial charge on any atom is 0.404 e. The monoisotopic (exact) mass is 322 g/mol. The van der Waals surface area contributed by atoms with Gasteiger partial charge >= 0.3 is 6.09 Å². The molecule has 8 heteroatoms. The average molecular weight is 322 g/mol. The van der Waals surface area contributed by atoms with Crippen LogP contribution in [0.15, 0.2) is 52.5 Å². The molecule has 0 saturated heterocycles. The van der Waals surface area contributed by atoms with Gasteiger partial charge in [-0.1, -0.05) is 6.07 Å². The number of aromatic nitrogens is 1. The van der Waals surface area contributed by atoms with Gasteiger partial charge in [-0.15, -0.1) is 0 Å². The molecule has 2 rings (SSSR count). The van der Waals surface area contributed by atoms with Crippen molar-refractivity contribution in [3.8, 4) is 5.75 Å². The minimum Gasteiger partial charge on any atom is -0.508 e. The Kier molecular flexibility index (Phi) is 4.62. The second-order valence-electron chi connectivity index (χ2n) is 4.42. The summed E-state index contributed by atoms with van der Waals surface area (Å²) < 4.78 is 29.3. The van der Waals surface area contributed by atoms with Crippen molar-refractivity contribution in [2.45, 2.75) is 16.3 Å². The van der Waals surface area contributed by atoms with Crippen molar-refractivity contribution in [2.24, 2.45) is 5.73 Å². The Balaban J connectivity index is 2.15. The zero-order valence-electron chi connectivity index (χ0n) is 11.5. The SMILES string of the molecule is NC(=O)OCCc1ccc(S(=O)(=O)c2ccc(O)cc2)nc1. The van der Waals surface area contributed by atoms with Crippen LogP contribution in [0, 0.1) is 0 Å². The van der Waals surface area contributed by atoms with Gasteiger partial charge in [0.25, 0.3) is 0 Å². The van der Waals surface area contributed by atoms with E-state index in [9.17, 15) is 18.3 Å². The van der Waals surface area contributed by atoms with Gasteiger partial charge in [-0.05, 0) is 35.9 Å². The smallest absolute Gasteiger partial charge is 0.404 e. The number of carbonyl (C=O) groups excluding carboxylic acids is 1. The topological polar surface area (TPSA) is 120 Å². The maximum absolute atomic E-state index is 12.3. The fraction of sp³-hybridized carbons (Fsp3) is 0.143. The highest BCUT2D eigenvalue weighted by molar-refractivity contribution is 7.91. The molecule has 1 aromatic heterocycles. The summed E-state index contributed by atoms with van der Waals surface area (Å²) in [6.45, 7) is 0.0983. The number of nitrogens with two attached hydrogens (primary N) is 1. The molecular formula is C14H14N2O5S. The van der Waals surface area contributed by atoms with E-state index in [-0.39, 0.29) is 22.3 Å². The number of rotatable bonds is 5. The molecule has 0 aliphatic rings. The van der Waals surface area contributed by atoms with Crippen LogP contribution in [0.4, 0.5) is 4.79 Å². The van der Waals surface area contributed by atoms with Crippen molar-refractivity contribution < 1.29 is 23.1 Å². The van der Waals surface area contributed by atoms with Crippen LogP contribution in [0.5, 0.6) is 5.75 Å². The minimum absolute atomic E-state index is 0.0169. The molecule has 0 aliphatic heterocycles. The number of sulfone groups is 1. The van der Waals surface area contributed by atoms with E-state index >= 15 is 0 Å². The lowest BCUT2D eigenvalue weighted by atomic mass is 10.2. The molecule has 0 saturated carbocycles. The summed E-state index contributed by atoms with van der Waals surface area (Å²) in [6.07, 6.45) is 0.923. The third-order valence-corrected chi connectivity index (χ3v) is 4.54. The fourth-order valence-corrected chi connectivity index (χ4v) is 2.91. The molecule has 0 spiro atoms. The number of phenols is 1. The Bertz CT molecular complexity index is 755. The predicted octanol–water partition coefficient (Wildman–Crippen LogP) is 1.26. The molecule has 7 nitrogen and oxygen atoms in total. The van der Waals surface area contributed by atoms with E-state index in [1.165, 1.54) is 36.5 Å². The number of benzene rings is 1. The van der Waals surface area contributed by atoms with Crippen LogP contribution in [-0.2, 0) is 21.0 Å². The summed E-state index contributed by atoms with van der Waals surface area (Å²) in [5, 5.41) is 9.10. The standard InChI is InChI=1S/C14H14N2O5S/c15-14(18)21-8-7-10-1-6-13(16-9-10)22(19,20)12-4-2-11(17)3-5-12/h1-6,9,17H,7-8H2,(H2,15,18). The summed E-state index contributed by atoms with van der Waals surface area (Å²) in [4.78, 5) is 14.4. The van der Waals surface area contributed by atoms with Crippen molar-refractivity contribution >= 4 is 15.9 Å². The molecule has 3 N–H and O–H groups in total. The predicted molar refractivity (Wildman–Crippen MR) is 77.0 cm³/mol. The largest absolute Gasteiger partial charge is 0.508 e. The highest BCUT2D eigenvalue weighted by Gasteiger charge is 2.18. The molecule has 1 aromatic carbocycles. The second kappa shape index (κ2) is 6.44. The van der Waals surface area contributed by atoms with E-state index in [0.29, 0.717) is 12.0 Å². The molecule has 2 aromatic rings. The summed E-state index contributed by atoms with van der Waals surface area (Å²) in [6, 6.07) is 8.17. The van der Waals surface area contributed by atoms with Crippen LogP contribution in [-0.4, -0.2) is 31.2 Å². The van der Waals surface area contributed by atoms with Gasteiger partial charge in [-0.2, -0.15) is 0 Å². The second-order valence-corrected chi connectivity index (χ2v) is 6.32. The number of carbonyl (C=O) groups is 1. The lowest BCUT2D eigenvalue weighted by Gasteiger charge is -2.06. The highest BCUT2D eigenvalue weighted by atomic mass is 32.2. The lowest BCUT2D eigenvalue weighted by Crippen LogP contribution is -2.14. The first-order valence-corrected chi connectivity index (χ1v) is 7.79. The van der Waals surface area contributed by atoms with Crippen molar-refractivity contribution in [3.63, 3.8) is 0 Å². The quantitative estimate of drug-likeness (QED) is 0.855. The molecule has 1 heterocycles. The van der Waals surface area contributed by atoms with Gasteiger partial charge in [0.05, 0.1) is 11.5 Å². The van der Waals surface area contributed by atoms with E-state index in [4.69, 9.17) is 5.73 Å². The van der Waals surface area contributed by atoms with Gasteiger partial charge in [0.15, 0.2) is 5.03 Å². The number of ether oxygens (including phenoxy) is 1. The van der Waals surface area contributed by atoms with Crippen molar-refractivity contribution in [3.05, 3.63) is 48.2 Å². The molecule has 0 unspecified atom stereocenters. The molecule has 0 bridgehead atoms. The number of pyridine rings is 1. The Morgan fingerprint density at radius 2 is 1.86 bits per heavy atom.